The van der Waals surface area contributed by atoms with Crippen molar-refractivity contribution in [3.63, 3.8) is 0 Å². The molecule has 0 spiro atoms. The molecule has 0 saturated carbocycles. The highest BCUT2D eigenvalue weighted by Crippen LogP contribution is 2.19. The molecule has 0 saturated heterocycles. The summed E-state index contributed by atoms with van der Waals surface area (Å²) in [7, 11) is 0. The summed E-state index contributed by atoms with van der Waals surface area (Å²) in [4.78, 5) is 2.77. The van der Waals surface area contributed by atoms with Gasteiger partial charge in [0.2, 0.25) is 0 Å². The molecule has 0 unspecified atom stereocenters. The van der Waals surface area contributed by atoms with Crippen LogP contribution in [0, 0.1) is 0 Å². The molecular weight excluding hydrogens is 252 g/mol. The number of rotatable bonds is 4. The first kappa shape index (κ1) is 20.0. The van der Waals surface area contributed by atoms with Gasteiger partial charge in [0.1, 0.15) is 0 Å². The van der Waals surface area contributed by atoms with Crippen molar-refractivity contribution >= 4 is 18.3 Å². The highest BCUT2D eigenvalue weighted by molar-refractivity contribution is 7.80. The van der Waals surface area contributed by atoms with E-state index in [-0.39, 0.29) is 0 Å². The average molecular weight is 280 g/mol. The van der Waals surface area contributed by atoms with Gasteiger partial charge in [0.15, 0.2) is 0 Å². The molecule has 19 heavy (non-hydrogen) atoms. The molecule has 0 aliphatic carbocycles. The molecule has 2 nitrogen and oxygen atoms in total. The van der Waals surface area contributed by atoms with Gasteiger partial charge in [0.25, 0.3) is 0 Å². The monoisotopic (exact) mass is 280 g/mol. The molecule has 0 aromatic heterocycles. The number of nitrogens with zero attached hydrogens (tertiary/aromatic N) is 1. The third-order valence-electron chi connectivity index (χ3n) is 2.16. The lowest BCUT2D eigenvalue weighted by Gasteiger charge is -2.20. The predicted octanol–water partition coefficient (Wildman–Crippen LogP) is 5.09. The van der Waals surface area contributed by atoms with Gasteiger partial charge < -0.3 is 10.6 Å². The second-order valence-electron chi connectivity index (χ2n) is 3.44. The van der Waals surface area contributed by atoms with E-state index in [2.05, 4.69) is 25.8 Å². The Labute approximate surface area is 124 Å². The first-order valence-corrected chi connectivity index (χ1v) is 7.11. The van der Waals surface area contributed by atoms with Crippen LogP contribution in [0.1, 0.15) is 40.2 Å². The Balaban J connectivity index is 0. The zero-order valence-electron chi connectivity index (χ0n) is 12.9. The van der Waals surface area contributed by atoms with Crippen LogP contribution in [0.5, 0.6) is 0 Å². The Hall–Kier alpha value is -1.35. The summed E-state index contributed by atoms with van der Waals surface area (Å²) >= 11 is 4.22. The summed E-state index contributed by atoms with van der Waals surface area (Å²) in [5.74, 6) is 0. The average Bonchev–Trinajstić information content (AvgIpc) is 2.44. The van der Waals surface area contributed by atoms with E-state index in [0.717, 1.165) is 22.7 Å². The summed E-state index contributed by atoms with van der Waals surface area (Å²) in [6.45, 7) is 18.3. The van der Waals surface area contributed by atoms with E-state index in [1.165, 1.54) is 0 Å². The molecule has 0 fully saturated rings. The number of nitrogens with two attached hydrogens (primary N) is 1. The predicted molar refractivity (Wildman–Crippen MR) is 91.4 cm³/mol. The first-order valence-electron chi connectivity index (χ1n) is 6.66. The molecule has 1 rings (SSSR count). The molecule has 3 heteroatoms. The quantitative estimate of drug-likeness (QED) is 0.594. The first-order chi connectivity index (χ1) is 9.04. The van der Waals surface area contributed by atoms with Crippen LogP contribution in [0.2, 0.25) is 0 Å². The fourth-order valence-electron chi connectivity index (χ4n) is 1.25. The molecule has 0 aliphatic rings. The lowest BCUT2D eigenvalue weighted by atomic mass is 10.2. The van der Waals surface area contributed by atoms with Crippen molar-refractivity contribution in [1.29, 1.82) is 0 Å². The minimum absolute atomic E-state index is 0.696. The van der Waals surface area contributed by atoms with E-state index in [1.54, 1.807) is 6.20 Å². The SMILES string of the molecule is C=CN(Cc1ccc(S)c(N)c1)C(=C)C.CC.CC. The Kier molecular flexibility index (Phi) is 12.3. The van der Waals surface area contributed by atoms with Crippen molar-refractivity contribution in [2.45, 2.75) is 46.1 Å². The van der Waals surface area contributed by atoms with Gasteiger partial charge in [-0.2, -0.15) is 0 Å². The lowest BCUT2D eigenvalue weighted by Crippen LogP contribution is -2.13. The summed E-state index contributed by atoms with van der Waals surface area (Å²) in [5, 5.41) is 0. The van der Waals surface area contributed by atoms with Crippen LogP contribution in [0.25, 0.3) is 0 Å². The Morgan fingerprint density at radius 1 is 1.32 bits per heavy atom. The zero-order valence-corrected chi connectivity index (χ0v) is 13.8. The summed E-state index contributed by atoms with van der Waals surface area (Å²) in [6, 6.07) is 5.81. The maximum atomic E-state index is 5.77. The fraction of sp³-hybridized carbons (Fsp3) is 0.375. The number of hydrogen-bond acceptors (Lipinski definition) is 3. The van der Waals surface area contributed by atoms with Crippen LogP contribution in [0.15, 0.2) is 48.1 Å². The van der Waals surface area contributed by atoms with Gasteiger partial charge in [0.05, 0.1) is 0 Å². The van der Waals surface area contributed by atoms with Crippen LogP contribution >= 0.6 is 12.6 Å². The number of benzene rings is 1. The van der Waals surface area contributed by atoms with Crippen LogP contribution in [-0.4, -0.2) is 4.90 Å². The Morgan fingerprint density at radius 3 is 2.21 bits per heavy atom. The maximum absolute atomic E-state index is 5.77. The van der Waals surface area contributed by atoms with Crippen molar-refractivity contribution in [1.82, 2.24) is 4.90 Å². The van der Waals surface area contributed by atoms with Crippen LogP contribution < -0.4 is 5.73 Å². The molecule has 0 amide bonds. The molecule has 0 aliphatic heterocycles. The molecule has 0 radical (unpaired) electrons. The summed E-state index contributed by atoms with van der Waals surface area (Å²) in [5.41, 5.74) is 8.54. The fourth-order valence-corrected chi connectivity index (χ4v) is 1.39. The van der Waals surface area contributed by atoms with Crippen LogP contribution in [0.3, 0.4) is 0 Å². The number of anilines is 1. The number of hydrogen-bond donors (Lipinski definition) is 2. The third-order valence-corrected chi connectivity index (χ3v) is 2.56. The van der Waals surface area contributed by atoms with Gasteiger partial charge in [-0.25, -0.2) is 0 Å². The van der Waals surface area contributed by atoms with Crippen LogP contribution in [-0.2, 0) is 6.54 Å². The van der Waals surface area contributed by atoms with Gasteiger partial charge >= 0.3 is 0 Å². The standard InChI is InChI=1S/C12H16N2S.2C2H6/c1-4-14(9(2)3)8-10-5-6-12(15)11(13)7-10;2*1-2/h4-7,15H,1-2,8,13H2,3H3;2*1-2H3. The number of nitrogen functional groups attached to an aromatic ring is 1. The van der Waals surface area contributed by atoms with Crippen molar-refractivity contribution in [2.24, 2.45) is 0 Å². The molecular formula is C16H28N2S. The highest BCUT2D eigenvalue weighted by Gasteiger charge is 2.02. The van der Waals surface area contributed by atoms with Gasteiger partial charge in [-0.1, -0.05) is 46.9 Å². The summed E-state index contributed by atoms with van der Waals surface area (Å²) in [6.07, 6.45) is 1.76. The Morgan fingerprint density at radius 2 is 1.84 bits per heavy atom. The second-order valence-corrected chi connectivity index (χ2v) is 3.92. The third kappa shape index (κ3) is 7.62. The molecule has 0 bridgehead atoms. The second kappa shape index (κ2) is 11.7. The topological polar surface area (TPSA) is 29.3 Å². The minimum atomic E-state index is 0.696. The zero-order chi connectivity index (χ0) is 15.4. The van der Waals surface area contributed by atoms with Crippen molar-refractivity contribution in [3.8, 4) is 0 Å². The molecule has 1 aromatic carbocycles. The number of allylic oxidation sites excluding steroid dienone is 1. The molecule has 2 N–H and O–H groups in total. The molecule has 0 atom stereocenters. The lowest BCUT2D eigenvalue weighted by molar-refractivity contribution is 0.463. The smallest absolute Gasteiger partial charge is 0.0472 e. The van der Waals surface area contributed by atoms with Crippen molar-refractivity contribution in [3.05, 3.63) is 48.8 Å². The van der Waals surface area contributed by atoms with Crippen LogP contribution in [0.4, 0.5) is 5.69 Å². The van der Waals surface area contributed by atoms with E-state index in [0.29, 0.717) is 5.69 Å². The van der Waals surface area contributed by atoms with Crippen molar-refractivity contribution in [2.75, 3.05) is 5.73 Å². The molecule has 1 aromatic rings. The van der Waals surface area contributed by atoms with Gasteiger partial charge in [0, 0.05) is 22.8 Å². The maximum Gasteiger partial charge on any atom is 0.0472 e. The largest absolute Gasteiger partial charge is 0.398 e. The van der Waals surface area contributed by atoms with Gasteiger partial charge in [-0.05, 0) is 30.8 Å². The van der Waals surface area contributed by atoms with E-state index in [4.69, 9.17) is 5.73 Å². The van der Waals surface area contributed by atoms with Gasteiger partial charge in [-0.3, -0.25) is 0 Å². The number of thiol groups is 1. The van der Waals surface area contributed by atoms with E-state index < -0.39 is 0 Å². The Bertz CT molecular complexity index is 386. The van der Waals surface area contributed by atoms with E-state index >= 15 is 0 Å². The van der Waals surface area contributed by atoms with Gasteiger partial charge in [-0.15, -0.1) is 12.6 Å². The van der Waals surface area contributed by atoms with Crippen molar-refractivity contribution < 1.29 is 0 Å². The molecule has 108 valence electrons. The van der Waals surface area contributed by atoms with E-state index in [1.807, 2.05) is 57.7 Å². The molecule has 0 heterocycles. The van der Waals surface area contributed by atoms with E-state index in [9.17, 15) is 0 Å². The summed E-state index contributed by atoms with van der Waals surface area (Å²) < 4.78 is 0. The highest BCUT2D eigenvalue weighted by atomic mass is 32.1. The normalized spacial score (nSPS) is 8.32. The minimum Gasteiger partial charge on any atom is -0.398 e.